The summed E-state index contributed by atoms with van der Waals surface area (Å²) >= 11 is 0. The van der Waals surface area contributed by atoms with Gasteiger partial charge in [0.2, 0.25) is 0 Å². The van der Waals surface area contributed by atoms with E-state index in [1.165, 1.54) is 0 Å². The van der Waals surface area contributed by atoms with E-state index in [1.54, 1.807) is 35.9 Å². The lowest BCUT2D eigenvalue weighted by Crippen LogP contribution is -2.42. The van der Waals surface area contributed by atoms with Crippen LogP contribution in [-0.2, 0) is 0 Å². The Labute approximate surface area is 202 Å². The maximum Gasteiger partial charge on any atom is 0.339 e. The van der Waals surface area contributed by atoms with Crippen molar-refractivity contribution in [3.05, 3.63) is 78.2 Å². The molecule has 0 fully saturated rings. The summed E-state index contributed by atoms with van der Waals surface area (Å²) in [6.07, 6.45) is 12.5. The number of carbonyl (C=O) groups is 1. The molecule has 0 bridgehead atoms. The molecule has 35 heavy (non-hydrogen) atoms. The van der Waals surface area contributed by atoms with Crippen molar-refractivity contribution in [3.8, 4) is 17.3 Å². The number of aryl methyl sites for hydroxylation is 1. The summed E-state index contributed by atoms with van der Waals surface area (Å²) in [4.78, 5) is 27.8. The highest BCUT2D eigenvalue weighted by Crippen LogP contribution is 2.30. The average Bonchev–Trinajstić information content (AvgIpc) is 3.29. The molecule has 3 aromatic heterocycles. The number of hydrogen-bond donors (Lipinski definition) is 3. The van der Waals surface area contributed by atoms with E-state index in [0.29, 0.717) is 29.3 Å². The molecule has 2 aliphatic rings. The zero-order valence-electron chi connectivity index (χ0n) is 19.2. The van der Waals surface area contributed by atoms with Gasteiger partial charge in [-0.2, -0.15) is 5.26 Å². The van der Waals surface area contributed by atoms with Crippen molar-refractivity contribution in [3.63, 3.8) is 0 Å². The van der Waals surface area contributed by atoms with Crippen LogP contribution in [0.1, 0.15) is 12.5 Å². The largest absolute Gasteiger partial charge is 0.383 e. The Morgan fingerprint density at radius 2 is 2.14 bits per heavy atom. The Hall–Kier alpha value is -4.91. The van der Waals surface area contributed by atoms with Gasteiger partial charge < -0.3 is 10.6 Å². The molecule has 2 aliphatic heterocycles. The van der Waals surface area contributed by atoms with E-state index < -0.39 is 6.03 Å². The lowest BCUT2D eigenvalue weighted by atomic mass is 10.1. The number of nitrogen functional groups attached to an aromatic ring is 1. The number of hydrazine groups is 1. The summed E-state index contributed by atoms with van der Waals surface area (Å²) in [5, 5.41) is 15.2. The number of rotatable bonds is 4. The molecule has 2 amide bonds. The number of allylic oxidation sites excluding steroid dienone is 2. The molecule has 10 heteroatoms. The van der Waals surface area contributed by atoms with Crippen LogP contribution in [0.3, 0.4) is 0 Å². The second kappa shape index (κ2) is 8.79. The Balaban J connectivity index is 1.34. The average molecular weight is 466 g/mol. The van der Waals surface area contributed by atoms with Gasteiger partial charge in [-0.1, -0.05) is 0 Å². The number of fused-ring (bicyclic) bond motifs is 2. The quantitative estimate of drug-likeness (QED) is 0.533. The minimum atomic E-state index is -0.458. The van der Waals surface area contributed by atoms with Crippen LogP contribution in [0.4, 0.5) is 16.4 Å². The molecular formula is C25H23N9O. The third-order valence-electron chi connectivity index (χ3n) is 5.98. The normalized spacial score (nSPS) is 15.2. The monoisotopic (exact) mass is 465 g/mol. The number of hydrogen-bond acceptors (Lipinski definition) is 8. The maximum atomic E-state index is 12.8. The van der Waals surface area contributed by atoms with Crippen molar-refractivity contribution in [1.82, 2.24) is 30.3 Å². The third kappa shape index (κ3) is 4.11. The van der Waals surface area contributed by atoms with E-state index in [9.17, 15) is 10.1 Å². The molecule has 0 spiro atoms. The highest BCUT2D eigenvalue weighted by molar-refractivity contribution is 5.96. The fourth-order valence-corrected chi connectivity index (χ4v) is 4.14. The van der Waals surface area contributed by atoms with Crippen LogP contribution >= 0.6 is 0 Å². The Bertz CT molecular complexity index is 1470. The lowest BCUT2D eigenvalue weighted by Gasteiger charge is -2.30. The molecular weight excluding hydrogens is 442 g/mol. The summed E-state index contributed by atoms with van der Waals surface area (Å²) in [5.41, 5.74) is 13.3. The van der Waals surface area contributed by atoms with Crippen LogP contribution in [0, 0.1) is 18.3 Å². The van der Waals surface area contributed by atoms with Gasteiger partial charge in [-0.05, 0) is 61.2 Å². The minimum Gasteiger partial charge on any atom is -0.383 e. The standard InChI is InChI=1S/C25H23N9O/c1-15-5-7-28-13-18(15)20-10-17-11-23(29-14-19(17)24(27)30-20)31-25(35)32-34-8-3-4-21-22(34)6-9-33(21)16(2)12-26/h3-8,10-11,13-14,16H,9H2,1-2H3,(H2,27,30)(H2,29,31,32,35). The van der Waals surface area contributed by atoms with Gasteiger partial charge in [0, 0.05) is 42.3 Å². The van der Waals surface area contributed by atoms with Crippen molar-refractivity contribution in [2.45, 2.75) is 19.9 Å². The van der Waals surface area contributed by atoms with Crippen LogP contribution in [0.5, 0.6) is 0 Å². The molecule has 1 unspecified atom stereocenters. The highest BCUT2D eigenvalue weighted by atomic mass is 16.2. The van der Waals surface area contributed by atoms with Crippen LogP contribution in [-0.4, -0.2) is 43.5 Å². The number of nitrogens with one attached hydrogen (secondary N) is 2. The predicted molar refractivity (Wildman–Crippen MR) is 133 cm³/mol. The number of pyridine rings is 3. The topological polar surface area (TPSA) is 136 Å². The van der Waals surface area contributed by atoms with E-state index in [-0.39, 0.29) is 6.04 Å². The number of nitriles is 1. The number of urea groups is 1. The number of anilines is 2. The number of nitrogens with zero attached hydrogens (tertiary/aromatic N) is 6. The summed E-state index contributed by atoms with van der Waals surface area (Å²) in [7, 11) is 0. The van der Waals surface area contributed by atoms with Crippen molar-refractivity contribution < 1.29 is 4.79 Å². The Morgan fingerprint density at radius 1 is 1.29 bits per heavy atom. The van der Waals surface area contributed by atoms with Gasteiger partial charge in [0.05, 0.1) is 23.2 Å². The van der Waals surface area contributed by atoms with E-state index in [0.717, 1.165) is 27.9 Å². The smallest absolute Gasteiger partial charge is 0.339 e. The molecule has 5 rings (SSSR count). The summed E-state index contributed by atoms with van der Waals surface area (Å²) < 4.78 is 0. The van der Waals surface area contributed by atoms with E-state index in [4.69, 9.17) is 5.73 Å². The van der Waals surface area contributed by atoms with Crippen LogP contribution in [0.2, 0.25) is 0 Å². The molecule has 0 saturated heterocycles. The predicted octanol–water partition coefficient (Wildman–Crippen LogP) is 3.44. The van der Waals surface area contributed by atoms with Crippen LogP contribution < -0.4 is 16.5 Å². The van der Waals surface area contributed by atoms with Crippen molar-refractivity contribution in [1.29, 1.82) is 5.26 Å². The zero-order valence-corrected chi connectivity index (χ0v) is 19.2. The van der Waals surface area contributed by atoms with Crippen molar-refractivity contribution in [2.75, 3.05) is 17.6 Å². The Kier molecular flexibility index (Phi) is 5.51. The van der Waals surface area contributed by atoms with Crippen molar-refractivity contribution >= 4 is 28.4 Å². The zero-order chi connectivity index (χ0) is 24.5. The number of nitrogens with two attached hydrogens (primary N) is 1. The molecule has 5 heterocycles. The van der Waals surface area contributed by atoms with Gasteiger partial charge in [0.25, 0.3) is 0 Å². The molecule has 3 aromatic rings. The van der Waals surface area contributed by atoms with Gasteiger partial charge in [0.1, 0.15) is 17.7 Å². The van der Waals surface area contributed by atoms with E-state index >= 15 is 0 Å². The fourth-order valence-electron chi connectivity index (χ4n) is 4.14. The first-order valence-corrected chi connectivity index (χ1v) is 11.0. The van der Waals surface area contributed by atoms with Crippen molar-refractivity contribution in [2.24, 2.45) is 0 Å². The number of amides is 2. The first-order valence-electron chi connectivity index (χ1n) is 11.0. The second-order valence-electron chi connectivity index (χ2n) is 8.25. The lowest BCUT2D eigenvalue weighted by molar-refractivity contribution is 0.231. The van der Waals surface area contributed by atoms with Gasteiger partial charge in [-0.15, -0.1) is 0 Å². The SMILES string of the molecule is Cc1ccncc1-c1cc2cc(NC(=O)NN3C=CC=C4C3=CCN4C(C)C#N)ncc2c(N)n1. The van der Waals surface area contributed by atoms with Gasteiger partial charge in [-0.3, -0.25) is 15.3 Å². The maximum absolute atomic E-state index is 12.8. The summed E-state index contributed by atoms with van der Waals surface area (Å²) in [5.74, 6) is 0.720. The van der Waals surface area contributed by atoms with Crippen LogP contribution in [0.25, 0.3) is 22.0 Å². The first-order chi connectivity index (χ1) is 16.9. The molecule has 0 aliphatic carbocycles. The first kappa shape index (κ1) is 21.9. The third-order valence-corrected chi connectivity index (χ3v) is 5.98. The molecule has 1 atom stereocenters. The van der Waals surface area contributed by atoms with Gasteiger partial charge in [0.15, 0.2) is 0 Å². The number of carbonyl (C=O) groups excluding carboxylic acids is 1. The van der Waals surface area contributed by atoms with Gasteiger partial charge in [-0.25, -0.2) is 20.2 Å². The molecule has 0 aromatic carbocycles. The number of aromatic nitrogens is 3. The molecule has 0 saturated carbocycles. The molecule has 4 N–H and O–H groups in total. The van der Waals surface area contributed by atoms with Gasteiger partial charge >= 0.3 is 6.03 Å². The minimum absolute atomic E-state index is 0.277. The molecule has 0 radical (unpaired) electrons. The van der Waals surface area contributed by atoms with Crippen LogP contribution in [0.15, 0.2) is 72.6 Å². The van der Waals surface area contributed by atoms with E-state index in [1.807, 2.05) is 49.1 Å². The highest BCUT2D eigenvalue weighted by Gasteiger charge is 2.29. The molecule has 174 valence electrons. The summed E-state index contributed by atoms with van der Waals surface area (Å²) in [6, 6.07) is 7.08. The Morgan fingerprint density at radius 3 is 2.94 bits per heavy atom. The summed E-state index contributed by atoms with van der Waals surface area (Å²) in [6.45, 7) is 4.42. The fraction of sp³-hybridized carbons (Fsp3) is 0.160. The second-order valence-corrected chi connectivity index (χ2v) is 8.25. The van der Waals surface area contributed by atoms with E-state index in [2.05, 4.69) is 31.8 Å². The molecule has 10 nitrogen and oxygen atoms in total.